The number of hydrogen-bond donors (Lipinski definition) is 0. The SMILES string of the molecule is CC(=O)OC1=CC2=CC[C@H]3[C@H]4CC[C@H](OC(C)=O)[C@@]4(C)CC[C@H]3[C@]2(C)CC1. The first-order chi connectivity index (χ1) is 12.7. The van der Waals surface area contributed by atoms with E-state index >= 15 is 0 Å². The van der Waals surface area contributed by atoms with Crippen molar-refractivity contribution in [2.45, 2.75) is 78.7 Å². The summed E-state index contributed by atoms with van der Waals surface area (Å²) in [6, 6.07) is 0. The molecule has 6 atom stereocenters. The standard InChI is InChI=1S/C23H32O4/c1-14(24)26-17-9-11-22(3)16(13-17)5-6-18-19-7-8-21(27-15(2)25)23(19,4)12-10-20(18)22/h5,13,18-21H,6-12H2,1-4H3/t18-,19+,20+,21-,22+,23-/m0/s1. The first-order valence-electron chi connectivity index (χ1n) is 10.5. The third-order valence-electron chi connectivity index (χ3n) is 8.23. The Hall–Kier alpha value is -1.58. The van der Waals surface area contributed by atoms with Gasteiger partial charge in [0.2, 0.25) is 0 Å². The van der Waals surface area contributed by atoms with Crippen LogP contribution in [0.15, 0.2) is 23.5 Å². The Balaban J connectivity index is 1.60. The van der Waals surface area contributed by atoms with Gasteiger partial charge in [-0.15, -0.1) is 0 Å². The number of esters is 2. The van der Waals surface area contributed by atoms with Gasteiger partial charge in [0.1, 0.15) is 11.9 Å². The minimum absolute atomic E-state index is 0.0842. The van der Waals surface area contributed by atoms with Gasteiger partial charge >= 0.3 is 11.9 Å². The van der Waals surface area contributed by atoms with Crippen molar-refractivity contribution in [1.82, 2.24) is 0 Å². The molecule has 0 bridgehead atoms. The second-order valence-electron chi connectivity index (χ2n) is 9.61. The zero-order valence-electron chi connectivity index (χ0n) is 17.0. The van der Waals surface area contributed by atoms with Gasteiger partial charge in [-0.25, -0.2) is 0 Å². The summed E-state index contributed by atoms with van der Waals surface area (Å²) < 4.78 is 11.1. The van der Waals surface area contributed by atoms with Crippen LogP contribution >= 0.6 is 0 Å². The second-order valence-corrected chi connectivity index (χ2v) is 9.61. The molecule has 2 fully saturated rings. The molecule has 4 nitrogen and oxygen atoms in total. The highest BCUT2D eigenvalue weighted by Gasteiger charge is 2.59. The van der Waals surface area contributed by atoms with Crippen molar-refractivity contribution in [3.05, 3.63) is 23.5 Å². The van der Waals surface area contributed by atoms with E-state index in [4.69, 9.17) is 9.47 Å². The Morgan fingerprint density at radius 2 is 1.81 bits per heavy atom. The normalized spacial score (nSPS) is 42.8. The molecule has 0 radical (unpaired) electrons. The molecule has 0 N–H and O–H groups in total. The predicted molar refractivity (Wildman–Crippen MR) is 102 cm³/mol. The van der Waals surface area contributed by atoms with Gasteiger partial charge in [-0.1, -0.05) is 19.9 Å². The molecular formula is C23H32O4. The third-order valence-corrected chi connectivity index (χ3v) is 8.23. The maximum absolute atomic E-state index is 11.6. The highest BCUT2D eigenvalue weighted by molar-refractivity contribution is 5.67. The van der Waals surface area contributed by atoms with E-state index in [1.54, 1.807) is 0 Å². The second kappa shape index (κ2) is 6.49. The highest BCUT2D eigenvalue weighted by atomic mass is 16.5. The van der Waals surface area contributed by atoms with E-state index < -0.39 is 0 Å². The quantitative estimate of drug-likeness (QED) is 0.644. The molecule has 4 heteroatoms. The Labute approximate surface area is 162 Å². The molecule has 0 heterocycles. The number of hydrogen-bond acceptors (Lipinski definition) is 4. The van der Waals surface area contributed by atoms with Gasteiger partial charge in [0.05, 0.1) is 0 Å². The first-order valence-corrected chi connectivity index (χ1v) is 10.5. The van der Waals surface area contributed by atoms with Crippen molar-refractivity contribution in [3.63, 3.8) is 0 Å². The van der Waals surface area contributed by atoms with Crippen molar-refractivity contribution in [2.24, 2.45) is 28.6 Å². The van der Waals surface area contributed by atoms with Gasteiger partial charge in [-0.05, 0) is 73.3 Å². The molecule has 0 saturated heterocycles. The maximum Gasteiger partial charge on any atom is 0.307 e. The molecule has 4 aliphatic carbocycles. The fraction of sp³-hybridized carbons (Fsp3) is 0.739. The van der Waals surface area contributed by atoms with Crippen molar-refractivity contribution in [2.75, 3.05) is 0 Å². The predicted octanol–water partition coefficient (Wildman–Crippen LogP) is 4.94. The van der Waals surface area contributed by atoms with Crippen molar-refractivity contribution in [1.29, 1.82) is 0 Å². The van der Waals surface area contributed by atoms with Crippen LogP contribution in [-0.2, 0) is 19.1 Å². The molecule has 2 saturated carbocycles. The van der Waals surface area contributed by atoms with Gasteiger partial charge in [-0.3, -0.25) is 9.59 Å². The molecule has 0 unspecified atom stereocenters. The van der Waals surface area contributed by atoms with Crippen LogP contribution in [0.25, 0.3) is 0 Å². The number of rotatable bonds is 2. The molecule has 148 valence electrons. The van der Waals surface area contributed by atoms with Gasteiger partial charge in [0.25, 0.3) is 0 Å². The lowest BCUT2D eigenvalue weighted by Gasteiger charge is -2.56. The summed E-state index contributed by atoms with van der Waals surface area (Å²) >= 11 is 0. The molecule has 0 aromatic rings. The number of ether oxygens (including phenoxy) is 2. The van der Waals surface area contributed by atoms with Crippen LogP contribution in [0.3, 0.4) is 0 Å². The van der Waals surface area contributed by atoms with E-state index in [1.807, 2.05) is 0 Å². The van der Waals surface area contributed by atoms with Crippen LogP contribution in [0.4, 0.5) is 0 Å². The fourth-order valence-electron chi connectivity index (χ4n) is 6.91. The molecule has 0 aromatic heterocycles. The van der Waals surface area contributed by atoms with Gasteiger partial charge in [0, 0.05) is 25.7 Å². The van der Waals surface area contributed by atoms with E-state index in [1.165, 1.54) is 32.3 Å². The molecular weight excluding hydrogens is 340 g/mol. The highest BCUT2D eigenvalue weighted by Crippen LogP contribution is 2.64. The third kappa shape index (κ3) is 2.96. The largest absolute Gasteiger partial charge is 0.462 e. The van der Waals surface area contributed by atoms with Gasteiger partial charge in [0.15, 0.2) is 0 Å². The Kier molecular flexibility index (Phi) is 4.51. The fourth-order valence-corrected chi connectivity index (χ4v) is 6.91. The van der Waals surface area contributed by atoms with E-state index in [9.17, 15) is 9.59 Å². The Morgan fingerprint density at radius 1 is 1.04 bits per heavy atom. The molecule has 4 aliphatic rings. The van der Waals surface area contributed by atoms with E-state index in [2.05, 4.69) is 26.0 Å². The number of allylic oxidation sites excluding steroid dienone is 4. The van der Waals surface area contributed by atoms with Crippen LogP contribution in [0.2, 0.25) is 0 Å². The zero-order valence-corrected chi connectivity index (χ0v) is 17.0. The Bertz CT molecular complexity index is 720. The van der Waals surface area contributed by atoms with Crippen molar-refractivity contribution < 1.29 is 19.1 Å². The molecule has 4 rings (SSSR count). The van der Waals surface area contributed by atoms with Crippen molar-refractivity contribution in [3.8, 4) is 0 Å². The van der Waals surface area contributed by atoms with E-state index in [0.717, 1.165) is 37.9 Å². The van der Waals surface area contributed by atoms with Crippen LogP contribution in [-0.4, -0.2) is 18.0 Å². The minimum Gasteiger partial charge on any atom is -0.462 e. The smallest absolute Gasteiger partial charge is 0.307 e. The van der Waals surface area contributed by atoms with Crippen LogP contribution in [0, 0.1) is 28.6 Å². The average molecular weight is 373 g/mol. The van der Waals surface area contributed by atoms with Crippen LogP contribution in [0.1, 0.15) is 72.6 Å². The lowest BCUT2D eigenvalue weighted by Crippen LogP contribution is -2.50. The summed E-state index contributed by atoms with van der Waals surface area (Å²) in [7, 11) is 0. The first kappa shape index (κ1) is 18.8. The monoisotopic (exact) mass is 372 g/mol. The lowest BCUT2D eigenvalue weighted by atomic mass is 9.48. The lowest BCUT2D eigenvalue weighted by molar-refractivity contribution is -0.156. The van der Waals surface area contributed by atoms with Crippen LogP contribution in [0.5, 0.6) is 0 Å². The number of carbonyl (C=O) groups is 2. The summed E-state index contributed by atoms with van der Waals surface area (Å²) in [5.74, 6) is 2.42. The summed E-state index contributed by atoms with van der Waals surface area (Å²) in [5.41, 5.74) is 1.67. The summed E-state index contributed by atoms with van der Waals surface area (Å²) in [5, 5.41) is 0. The van der Waals surface area contributed by atoms with E-state index in [-0.39, 0.29) is 28.9 Å². The zero-order chi connectivity index (χ0) is 19.4. The van der Waals surface area contributed by atoms with Crippen LogP contribution < -0.4 is 0 Å². The maximum atomic E-state index is 11.6. The number of fused-ring (bicyclic) bond motifs is 5. The average Bonchev–Trinajstić information content (AvgIpc) is 2.91. The van der Waals surface area contributed by atoms with Gasteiger partial charge in [-0.2, -0.15) is 0 Å². The summed E-state index contributed by atoms with van der Waals surface area (Å²) in [6.45, 7) is 7.78. The van der Waals surface area contributed by atoms with Crippen molar-refractivity contribution >= 4 is 11.9 Å². The topological polar surface area (TPSA) is 52.6 Å². The molecule has 0 aromatic carbocycles. The molecule has 0 spiro atoms. The summed E-state index contributed by atoms with van der Waals surface area (Å²) in [6.07, 6.45) is 12.1. The van der Waals surface area contributed by atoms with Gasteiger partial charge < -0.3 is 9.47 Å². The minimum atomic E-state index is -0.227. The Morgan fingerprint density at radius 3 is 2.52 bits per heavy atom. The number of carbonyl (C=O) groups excluding carboxylic acids is 2. The summed E-state index contributed by atoms with van der Waals surface area (Å²) in [4.78, 5) is 22.9. The van der Waals surface area contributed by atoms with E-state index in [0.29, 0.717) is 17.8 Å². The molecule has 0 amide bonds. The molecule has 0 aliphatic heterocycles. The molecule has 27 heavy (non-hydrogen) atoms.